The molecule has 0 rings (SSSR count). The Balaban J connectivity index is 3.95. The van der Waals surface area contributed by atoms with E-state index >= 15 is 0 Å². The summed E-state index contributed by atoms with van der Waals surface area (Å²) in [6.45, 7) is 3.11. The predicted molar refractivity (Wildman–Crippen MR) is 37.3 cm³/mol. The van der Waals surface area contributed by atoms with Crippen LogP contribution in [-0.4, -0.2) is 11.6 Å². The quantitative estimate of drug-likeness (QED) is 0.443. The Kier molecular flexibility index (Phi) is 2.99. The van der Waals surface area contributed by atoms with Gasteiger partial charge >= 0.3 is 6.03 Å². The summed E-state index contributed by atoms with van der Waals surface area (Å²) in [5.41, 5.74) is 5.63. The molecule has 0 radical (unpaired) electrons. The van der Waals surface area contributed by atoms with E-state index in [4.69, 9.17) is 5.26 Å². The molecule has 0 aliphatic carbocycles. The van der Waals surface area contributed by atoms with E-state index in [0.717, 1.165) is 0 Å². The van der Waals surface area contributed by atoms with Crippen molar-refractivity contribution in [2.45, 2.75) is 19.4 Å². The molecule has 0 aromatic carbocycles. The van der Waals surface area contributed by atoms with Crippen molar-refractivity contribution in [1.82, 2.24) is 5.43 Å². The monoisotopic (exact) mass is 155 g/mol. The van der Waals surface area contributed by atoms with E-state index in [0.29, 0.717) is 0 Å². The lowest BCUT2D eigenvalue weighted by atomic mass is 10.1. The molecule has 0 spiro atoms. The summed E-state index contributed by atoms with van der Waals surface area (Å²) >= 11 is 0. The first kappa shape index (κ1) is 9.36. The number of primary amides is 1. The molecule has 0 aliphatic heterocycles. The fourth-order valence-corrected chi connectivity index (χ4v) is 0.222. The molecule has 0 aromatic heterocycles. The number of urea groups is 1. The van der Waals surface area contributed by atoms with Crippen molar-refractivity contribution in [3.63, 3.8) is 0 Å². The van der Waals surface area contributed by atoms with Crippen LogP contribution in [0.4, 0.5) is 4.79 Å². The molecule has 0 bridgehead atoms. The summed E-state index contributed by atoms with van der Waals surface area (Å²) in [6.07, 6.45) is 0. The Bertz CT molecular complexity index is 213. The van der Waals surface area contributed by atoms with Crippen molar-refractivity contribution < 1.29 is 4.79 Å². The number of rotatable bonds is 2. The molecule has 0 aromatic rings. The molecule has 0 heterocycles. The van der Waals surface area contributed by atoms with Crippen molar-refractivity contribution in [2.75, 3.05) is 0 Å². The van der Waals surface area contributed by atoms with Crippen molar-refractivity contribution in [3.8, 4) is 6.07 Å². The van der Waals surface area contributed by atoms with Crippen LogP contribution in [-0.2, 0) is 0 Å². The highest BCUT2D eigenvalue weighted by molar-refractivity contribution is 5.70. The maximum atomic E-state index is 10.0. The fraction of sp³-hybridized carbons (Fsp3) is 0.600. The zero-order chi connectivity index (χ0) is 8.91. The molecule has 60 valence electrons. The van der Waals surface area contributed by atoms with Crippen LogP contribution in [0.3, 0.4) is 0 Å². The van der Waals surface area contributed by atoms with E-state index in [9.17, 15) is 4.79 Å². The number of amides is 2. The highest BCUT2D eigenvalue weighted by Gasteiger charge is 2.13. The number of nitrogens with one attached hydrogen (secondary N) is 1. The Morgan fingerprint density at radius 1 is 1.73 bits per heavy atom. The second-order valence-electron chi connectivity index (χ2n) is 2.35. The van der Waals surface area contributed by atoms with Gasteiger partial charge in [0.2, 0.25) is 0 Å². The lowest BCUT2D eigenvalue weighted by Crippen LogP contribution is -2.25. The van der Waals surface area contributed by atoms with Crippen molar-refractivity contribution in [3.05, 3.63) is 0 Å². The first-order valence-electron chi connectivity index (χ1n) is 2.86. The Morgan fingerprint density at radius 3 is 2.64 bits per heavy atom. The number of nitrogens with two attached hydrogens (primary N) is 1. The summed E-state index contributed by atoms with van der Waals surface area (Å²) in [6, 6.07) is 1.06. The van der Waals surface area contributed by atoms with Gasteiger partial charge in [-0.25, -0.2) is 10.2 Å². The Hall–Kier alpha value is -1.64. The third-order valence-electron chi connectivity index (χ3n) is 0.734. The SMILES string of the molecule is CC(C)(C#N)N=NNC(N)=O. The van der Waals surface area contributed by atoms with Gasteiger partial charge in [-0.05, 0) is 13.8 Å². The fourth-order valence-electron chi connectivity index (χ4n) is 0.222. The Morgan fingerprint density at radius 2 is 2.27 bits per heavy atom. The van der Waals surface area contributed by atoms with Gasteiger partial charge in [0, 0.05) is 0 Å². The maximum Gasteiger partial charge on any atom is 0.333 e. The third kappa shape index (κ3) is 4.84. The van der Waals surface area contributed by atoms with Crippen LogP contribution in [0.2, 0.25) is 0 Å². The first-order chi connectivity index (χ1) is 4.98. The molecule has 0 aliphatic rings. The van der Waals surface area contributed by atoms with Crippen LogP contribution < -0.4 is 11.2 Å². The van der Waals surface area contributed by atoms with E-state index in [1.807, 2.05) is 11.5 Å². The van der Waals surface area contributed by atoms with Crippen LogP contribution in [0.15, 0.2) is 10.3 Å². The van der Waals surface area contributed by atoms with Crippen molar-refractivity contribution in [1.29, 1.82) is 5.26 Å². The van der Waals surface area contributed by atoms with Crippen LogP contribution >= 0.6 is 0 Å². The average molecular weight is 155 g/mol. The molecule has 3 N–H and O–H groups in total. The number of hydrogen-bond acceptors (Lipinski definition) is 4. The largest absolute Gasteiger partial charge is 0.350 e. The van der Waals surface area contributed by atoms with Gasteiger partial charge in [-0.3, -0.25) is 0 Å². The van der Waals surface area contributed by atoms with Gasteiger partial charge < -0.3 is 5.73 Å². The molecule has 0 saturated carbocycles. The lowest BCUT2D eigenvalue weighted by molar-refractivity contribution is 0.248. The Labute approximate surface area is 64.1 Å². The zero-order valence-corrected chi connectivity index (χ0v) is 6.33. The van der Waals surface area contributed by atoms with Crippen LogP contribution in [0, 0.1) is 11.3 Å². The summed E-state index contributed by atoms with van der Waals surface area (Å²) in [5, 5.41) is 15.1. The third-order valence-corrected chi connectivity index (χ3v) is 0.734. The smallest absolute Gasteiger partial charge is 0.333 e. The highest BCUT2D eigenvalue weighted by Crippen LogP contribution is 2.05. The number of carbonyl (C=O) groups is 1. The minimum absolute atomic E-state index is 0.803. The number of nitrogens with zero attached hydrogens (tertiary/aromatic N) is 3. The lowest BCUT2D eigenvalue weighted by Gasteiger charge is -2.04. The average Bonchev–Trinajstić information content (AvgIpc) is 1.87. The summed E-state index contributed by atoms with van der Waals surface area (Å²) < 4.78 is 0. The van der Waals surface area contributed by atoms with E-state index in [1.165, 1.54) is 0 Å². The minimum atomic E-state index is -0.928. The molecular weight excluding hydrogens is 146 g/mol. The molecule has 2 amide bonds. The summed E-state index contributed by atoms with van der Waals surface area (Å²) in [7, 11) is 0. The minimum Gasteiger partial charge on any atom is -0.350 e. The molecule has 0 saturated heterocycles. The number of carbonyl (C=O) groups excluding carboxylic acids is 1. The molecule has 6 heteroatoms. The van der Waals surface area contributed by atoms with Crippen molar-refractivity contribution in [2.24, 2.45) is 16.1 Å². The van der Waals surface area contributed by atoms with E-state index in [1.54, 1.807) is 13.8 Å². The van der Waals surface area contributed by atoms with E-state index in [-0.39, 0.29) is 0 Å². The highest BCUT2D eigenvalue weighted by atomic mass is 16.2. The molecule has 11 heavy (non-hydrogen) atoms. The second-order valence-corrected chi connectivity index (χ2v) is 2.35. The summed E-state index contributed by atoms with van der Waals surface area (Å²) in [5.74, 6) is 0. The normalized spacial score (nSPS) is 11.0. The number of hydrogen-bond donors (Lipinski definition) is 2. The predicted octanol–water partition coefficient (Wildman–Crippen LogP) is 0.324. The molecule has 0 fully saturated rings. The standard InChI is InChI=1S/C5H9N5O/c1-5(2,3-6)9-10-8-4(7)11/h1-2H3,(H3,7,8,9,11). The molecule has 6 nitrogen and oxygen atoms in total. The number of nitriles is 1. The van der Waals surface area contributed by atoms with Gasteiger partial charge in [-0.15, -0.1) is 5.11 Å². The zero-order valence-electron chi connectivity index (χ0n) is 6.33. The van der Waals surface area contributed by atoms with Gasteiger partial charge in [0.05, 0.1) is 6.07 Å². The van der Waals surface area contributed by atoms with Gasteiger partial charge in [0.25, 0.3) is 0 Å². The summed E-state index contributed by atoms with van der Waals surface area (Å²) in [4.78, 5) is 10.0. The molecule has 0 atom stereocenters. The van der Waals surface area contributed by atoms with E-state index in [2.05, 4.69) is 16.1 Å². The first-order valence-corrected chi connectivity index (χ1v) is 2.86. The van der Waals surface area contributed by atoms with Gasteiger partial charge in [-0.2, -0.15) is 5.26 Å². The van der Waals surface area contributed by atoms with Gasteiger partial charge in [0.1, 0.15) is 0 Å². The van der Waals surface area contributed by atoms with Crippen molar-refractivity contribution >= 4 is 6.03 Å². The molecule has 0 unspecified atom stereocenters. The maximum absolute atomic E-state index is 10.0. The van der Waals surface area contributed by atoms with Crippen LogP contribution in [0.25, 0.3) is 0 Å². The second kappa shape index (κ2) is 3.51. The van der Waals surface area contributed by atoms with Crippen LogP contribution in [0.5, 0.6) is 0 Å². The van der Waals surface area contributed by atoms with Gasteiger partial charge in [0.15, 0.2) is 5.54 Å². The molecular formula is C5H9N5O. The van der Waals surface area contributed by atoms with Gasteiger partial charge in [-0.1, -0.05) is 5.22 Å². The van der Waals surface area contributed by atoms with E-state index < -0.39 is 11.6 Å². The topological polar surface area (TPSA) is 104 Å². The van der Waals surface area contributed by atoms with Crippen LogP contribution in [0.1, 0.15) is 13.8 Å².